The fourth-order valence-electron chi connectivity index (χ4n) is 2.26. The van der Waals surface area contributed by atoms with Crippen LogP contribution in [0, 0.1) is 0 Å². The van der Waals surface area contributed by atoms with Crippen LogP contribution in [0.3, 0.4) is 0 Å². The van der Waals surface area contributed by atoms with Gasteiger partial charge in [-0.15, -0.1) is 0 Å². The van der Waals surface area contributed by atoms with E-state index in [1.54, 1.807) is 6.92 Å². The molecule has 1 aliphatic rings. The largest absolute Gasteiger partial charge is 0.394 e. The van der Waals surface area contributed by atoms with E-state index in [-0.39, 0.29) is 24.5 Å². The predicted molar refractivity (Wildman–Crippen MR) is 77.8 cm³/mol. The quantitative estimate of drug-likeness (QED) is 0.865. The van der Waals surface area contributed by atoms with Crippen molar-refractivity contribution in [2.45, 2.75) is 26.0 Å². The van der Waals surface area contributed by atoms with Gasteiger partial charge in [0.25, 0.3) is 0 Å². The van der Waals surface area contributed by atoms with Crippen molar-refractivity contribution in [3.63, 3.8) is 0 Å². The Hall–Kier alpha value is -0.910. The van der Waals surface area contributed by atoms with Crippen LogP contribution in [-0.4, -0.2) is 42.8 Å². The van der Waals surface area contributed by atoms with Crippen LogP contribution in [0.1, 0.15) is 24.2 Å². The normalized spacial score (nSPS) is 23.5. The zero-order chi connectivity index (χ0) is 14.0. The third kappa shape index (κ3) is 3.16. The number of anilines is 1. The maximum absolute atomic E-state index is 11.4. The summed E-state index contributed by atoms with van der Waals surface area (Å²) in [6.07, 6.45) is -0.151. The van der Waals surface area contributed by atoms with Gasteiger partial charge in [0, 0.05) is 28.3 Å². The maximum atomic E-state index is 11.4. The first-order valence-corrected chi connectivity index (χ1v) is 7.11. The first kappa shape index (κ1) is 14.5. The minimum absolute atomic E-state index is 0.0237. The van der Waals surface area contributed by atoms with E-state index in [0.29, 0.717) is 18.7 Å². The first-order chi connectivity index (χ1) is 9.02. The molecule has 1 fully saturated rings. The molecular formula is C14H18BrNO3. The molecule has 0 radical (unpaired) electrons. The summed E-state index contributed by atoms with van der Waals surface area (Å²) in [5, 5.41) is 9.21. The van der Waals surface area contributed by atoms with Gasteiger partial charge in [-0.1, -0.05) is 0 Å². The molecule has 1 saturated heterocycles. The van der Waals surface area contributed by atoms with Gasteiger partial charge in [0.15, 0.2) is 5.78 Å². The summed E-state index contributed by atoms with van der Waals surface area (Å²) in [7, 11) is 0. The molecule has 0 bridgehead atoms. The third-order valence-corrected chi connectivity index (χ3v) is 4.03. The van der Waals surface area contributed by atoms with Crippen molar-refractivity contribution in [1.29, 1.82) is 0 Å². The standard InChI is InChI=1S/C14H18BrNO3/c1-9-8-19-12(7-17)6-16(9)11-3-4-13(10(2)18)14(15)5-11/h3-5,9,12,17H,6-8H2,1-2H3. The summed E-state index contributed by atoms with van der Waals surface area (Å²) in [6.45, 7) is 4.91. The van der Waals surface area contributed by atoms with Crippen LogP contribution < -0.4 is 4.90 Å². The van der Waals surface area contributed by atoms with Crippen LogP contribution in [0.5, 0.6) is 0 Å². The number of aliphatic hydroxyl groups excluding tert-OH is 1. The number of Topliss-reactive ketones (excluding diaryl/α,β-unsaturated/α-hetero) is 1. The highest BCUT2D eigenvalue weighted by molar-refractivity contribution is 9.10. The van der Waals surface area contributed by atoms with Gasteiger partial charge < -0.3 is 14.7 Å². The molecule has 0 aliphatic carbocycles. The van der Waals surface area contributed by atoms with Crippen molar-refractivity contribution >= 4 is 27.4 Å². The van der Waals surface area contributed by atoms with E-state index in [4.69, 9.17) is 4.74 Å². The number of ether oxygens (including phenoxy) is 1. The van der Waals surface area contributed by atoms with Crippen molar-refractivity contribution in [3.8, 4) is 0 Å². The van der Waals surface area contributed by atoms with Gasteiger partial charge in [0.05, 0.1) is 19.3 Å². The molecule has 4 nitrogen and oxygen atoms in total. The molecular weight excluding hydrogens is 310 g/mol. The second-order valence-corrected chi connectivity index (χ2v) is 5.71. The molecule has 1 N–H and O–H groups in total. The van der Waals surface area contributed by atoms with E-state index >= 15 is 0 Å². The molecule has 2 rings (SSSR count). The third-order valence-electron chi connectivity index (χ3n) is 3.37. The van der Waals surface area contributed by atoms with E-state index < -0.39 is 0 Å². The summed E-state index contributed by atoms with van der Waals surface area (Å²) in [6, 6.07) is 5.97. The molecule has 0 saturated carbocycles. The van der Waals surface area contributed by atoms with E-state index in [0.717, 1.165) is 10.2 Å². The molecule has 0 aromatic heterocycles. The number of hydrogen-bond acceptors (Lipinski definition) is 4. The Morgan fingerprint density at radius 2 is 2.32 bits per heavy atom. The number of halogens is 1. The lowest BCUT2D eigenvalue weighted by Crippen LogP contribution is -2.49. The van der Waals surface area contributed by atoms with Crippen LogP contribution in [0.4, 0.5) is 5.69 Å². The summed E-state index contributed by atoms with van der Waals surface area (Å²) in [5.74, 6) is 0.0432. The molecule has 1 heterocycles. The molecule has 0 spiro atoms. The molecule has 2 atom stereocenters. The Balaban J connectivity index is 2.25. The predicted octanol–water partition coefficient (Wildman–Crippen LogP) is 2.24. The fourth-order valence-corrected chi connectivity index (χ4v) is 2.90. The number of ketones is 1. The second-order valence-electron chi connectivity index (χ2n) is 4.86. The van der Waals surface area contributed by atoms with Crippen molar-refractivity contribution < 1.29 is 14.6 Å². The maximum Gasteiger partial charge on any atom is 0.160 e. The lowest BCUT2D eigenvalue weighted by Gasteiger charge is -2.39. The minimum Gasteiger partial charge on any atom is -0.394 e. The topological polar surface area (TPSA) is 49.8 Å². The molecule has 2 unspecified atom stereocenters. The Bertz CT molecular complexity index is 478. The Kier molecular flexibility index (Phi) is 4.60. The van der Waals surface area contributed by atoms with E-state index in [2.05, 4.69) is 27.8 Å². The number of carbonyl (C=O) groups is 1. The highest BCUT2D eigenvalue weighted by Crippen LogP contribution is 2.27. The van der Waals surface area contributed by atoms with Crippen LogP contribution in [0.15, 0.2) is 22.7 Å². The highest BCUT2D eigenvalue weighted by Gasteiger charge is 2.26. The summed E-state index contributed by atoms with van der Waals surface area (Å²) >= 11 is 3.44. The second kappa shape index (κ2) is 6.03. The molecule has 104 valence electrons. The van der Waals surface area contributed by atoms with Gasteiger partial charge in [0.2, 0.25) is 0 Å². The summed E-state index contributed by atoms with van der Waals surface area (Å²) in [4.78, 5) is 13.6. The van der Waals surface area contributed by atoms with Gasteiger partial charge in [0.1, 0.15) is 0 Å². The van der Waals surface area contributed by atoms with Gasteiger partial charge in [-0.25, -0.2) is 0 Å². The molecule has 1 aromatic rings. The average Bonchev–Trinajstić information content (AvgIpc) is 2.38. The smallest absolute Gasteiger partial charge is 0.160 e. The zero-order valence-corrected chi connectivity index (χ0v) is 12.7. The fraction of sp³-hybridized carbons (Fsp3) is 0.500. The Labute approximate surface area is 121 Å². The molecule has 0 amide bonds. The van der Waals surface area contributed by atoms with Crippen LogP contribution in [0.2, 0.25) is 0 Å². The highest BCUT2D eigenvalue weighted by atomic mass is 79.9. The van der Waals surface area contributed by atoms with Crippen molar-refractivity contribution in [3.05, 3.63) is 28.2 Å². The Morgan fingerprint density at radius 1 is 1.58 bits per heavy atom. The summed E-state index contributed by atoms with van der Waals surface area (Å²) in [5.41, 5.74) is 1.72. The zero-order valence-electron chi connectivity index (χ0n) is 11.1. The van der Waals surface area contributed by atoms with Crippen molar-refractivity contribution in [1.82, 2.24) is 0 Å². The number of nitrogens with zero attached hydrogens (tertiary/aromatic N) is 1. The van der Waals surface area contributed by atoms with E-state index in [1.165, 1.54) is 0 Å². The monoisotopic (exact) mass is 327 g/mol. The van der Waals surface area contributed by atoms with E-state index in [9.17, 15) is 9.90 Å². The SMILES string of the molecule is CC(=O)c1ccc(N2CC(CO)OCC2C)cc1Br. The number of carbonyl (C=O) groups excluding carboxylic acids is 1. The lowest BCUT2D eigenvalue weighted by atomic mass is 10.1. The average molecular weight is 328 g/mol. The van der Waals surface area contributed by atoms with Gasteiger partial charge in [-0.2, -0.15) is 0 Å². The molecule has 19 heavy (non-hydrogen) atoms. The molecule has 1 aromatic carbocycles. The number of hydrogen-bond donors (Lipinski definition) is 1. The molecule has 1 aliphatic heterocycles. The molecule has 5 heteroatoms. The van der Waals surface area contributed by atoms with Crippen molar-refractivity contribution in [2.75, 3.05) is 24.7 Å². The number of aliphatic hydroxyl groups is 1. The first-order valence-electron chi connectivity index (χ1n) is 6.32. The summed E-state index contributed by atoms with van der Waals surface area (Å²) < 4.78 is 6.33. The lowest BCUT2D eigenvalue weighted by molar-refractivity contribution is -0.0103. The van der Waals surface area contributed by atoms with Crippen LogP contribution >= 0.6 is 15.9 Å². The van der Waals surface area contributed by atoms with Crippen LogP contribution in [0.25, 0.3) is 0 Å². The Morgan fingerprint density at radius 3 is 2.89 bits per heavy atom. The van der Waals surface area contributed by atoms with Gasteiger partial charge in [-0.3, -0.25) is 4.79 Å². The van der Waals surface area contributed by atoms with Gasteiger partial charge in [-0.05, 0) is 48.0 Å². The number of rotatable bonds is 3. The van der Waals surface area contributed by atoms with Gasteiger partial charge >= 0.3 is 0 Å². The van der Waals surface area contributed by atoms with Crippen LogP contribution in [-0.2, 0) is 4.74 Å². The number of morpholine rings is 1. The number of benzene rings is 1. The minimum atomic E-state index is -0.151. The van der Waals surface area contributed by atoms with Crippen molar-refractivity contribution in [2.24, 2.45) is 0 Å². The van der Waals surface area contributed by atoms with E-state index in [1.807, 2.05) is 18.2 Å².